The lowest BCUT2D eigenvalue weighted by atomic mass is 9.88. The standard InChI is InChI=1S/C12H14N2O3S/c1-8-7-14(12(8,18)11(16)17-2)10(15)9-5-3-4-6-13-9/h3-6,8,18H,7H2,1-2H3. The summed E-state index contributed by atoms with van der Waals surface area (Å²) >= 11 is 4.33. The highest BCUT2D eigenvalue weighted by atomic mass is 32.1. The van der Waals surface area contributed by atoms with Crippen molar-refractivity contribution in [3.8, 4) is 0 Å². The third-order valence-electron chi connectivity index (χ3n) is 3.17. The summed E-state index contributed by atoms with van der Waals surface area (Å²) in [4.78, 5) is 28.1. The minimum Gasteiger partial charge on any atom is -0.467 e. The number of nitrogens with zero attached hydrogens (tertiary/aromatic N) is 2. The van der Waals surface area contributed by atoms with E-state index in [0.29, 0.717) is 12.2 Å². The molecule has 1 saturated heterocycles. The van der Waals surface area contributed by atoms with E-state index in [2.05, 4.69) is 17.6 Å². The molecular formula is C12H14N2O3S. The van der Waals surface area contributed by atoms with Gasteiger partial charge in [0.2, 0.25) is 0 Å². The number of ether oxygens (including phenoxy) is 1. The van der Waals surface area contributed by atoms with E-state index in [1.807, 2.05) is 6.92 Å². The van der Waals surface area contributed by atoms with Crippen molar-refractivity contribution in [3.05, 3.63) is 30.1 Å². The zero-order chi connectivity index (χ0) is 13.3. The Kier molecular flexibility index (Phi) is 3.30. The van der Waals surface area contributed by atoms with Gasteiger partial charge >= 0.3 is 5.97 Å². The number of methoxy groups -OCH3 is 1. The van der Waals surface area contributed by atoms with Crippen molar-refractivity contribution >= 4 is 24.5 Å². The largest absolute Gasteiger partial charge is 0.467 e. The van der Waals surface area contributed by atoms with E-state index in [0.717, 1.165) is 0 Å². The molecule has 2 rings (SSSR count). The predicted octanol–water partition coefficient (Wildman–Crippen LogP) is 0.973. The monoisotopic (exact) mass is 266 g/mol. The second-order valence-electron chi connectivity index (χ2n) is 4.25. The Hall–Kier alpha value is -1.56. The summed E-state index contributed by atoms with van der Waals surface area (Å²) in [6.45, 7) is 2.32. The number of hydrogen-bond donors (Lipinski definition) is 1. The molecule has 0 aromatic carbocycles. The molecule has 0 aliphatic carbocycles. The quantitative estimate of drug-likeness (QED) is 0.640. The highest BCUT2D eigenvalue weighted by Crippen LogP contribution is 2.41. The summed E-state index contributed by atoms with van der Waals surface area (Å²) < 4.78 is 4.71. The van der Waals surface area contributed by atoms with Gasteiger partial charge in [-0.1, -0.05) is 13.0 Å². The Balaban J connectivity index is 2.25. The van der Waals surface area contributed by atoms with Crippen LogP contribution >= 0.6 is 12.6 Å². The van der Waals surface area contributed by atoms with E-state index in [-0.39, 0.29) is 11.8 Å². The van der Waals surface area contributed by atoms with Gasteiger partial charge < -0.3 is 9.64 Å². The number of esters is 1. The molecular weight excluding hydrogens is 252 g/mol. The maximum absolute atomic E-state index is 12.2. The molecule has 0 radical (unpaired) electrons. The van der Waals surface area contributed by atoms with Crippen LogP contribution in [0.3, 0.4) is 0 Å². The lowest BCUT2D eigenvalue weighted by Gasteiger charge is -2.51. The third-order valence-corrected chi connectivity index (χ3v) is 4.03. The van der Waals surface area contributed by atoms with Crippen molar-refractivity contribution < 1.29 is 14.3 Å². The first kappa shape index (κ1) is 12.9. The molecule has 0 bridgehead atoms. The summed E-state index contributed by atoms with van der Waals surface area (Å²) in [5.41, 5.74) is 0.298. The van der Waals surface area contributed by atoms with E-state index in [1.165, 1.54) is 18.2 Å². The Morgan fingerprint density at radius 3 is 2.78 bits per heavy atom. The van der Waals surface area contributed by atoms with Crippen molar-refractivity contribution in [2.45, 2.75) is 11.8 Å². The first-order chi connectivity index (χ1) is 8.51. The van der Waals surface area contributed by atoms with Crippen molar-refractivity contribution in [1.82, 2.24) is 9.88 Å². The third kappa shape index (κ3) is 1.77. The highest BCUT2D eigenvalue weighted by Gasteiger charge is 2.57. The van der Waals surface area contributed by atoms with Crippen LogP contribution in [0.2, 0.25) is 0 Å². The second-order valence-corrected chi connectivity index (χ2v) is 4.93. The van der Waals surface area contributed by atoms with Crippen LogP contribution in [0.5, 0.6) is 0 Å². The van der Waals surface area contributed by atoms with Crippen LogP contribution < -0.4 is 0 Å². The number of pyridine rings is 1. The summed E-state index contributed by atoms with van der Waals surface area (Å²) in [5.74, 6) is -0.885. The van der Waals surface area contributed by atoms with Gasteiger partial charge in [-0.05, 0) is 12.1 Å². The maximum atomic E-state index is 12.2. The molecule has 1 aromatic heterocycles. The van der Waals surface area contributed by atoms with Crippen LogP contribution in [0.25, 0.3) is 0 Å². The first-order valence-corrected chi connectivity index (χ1v) is 6.00. The fraction of sp³-hybridized carbons (Fsp3) is 0.417. The normalized spacial score (nSPS) is 26.4. The van der Waals surface area contributed by atoms with Gasteiger partial charge in [-0.25, -0.2) is 4.79 Å². The Bertz CT molecular complexity index is 479. The maximum Gasteiger partial charge on any atom is 0.342 e. The SMILES string of the molecule is COC(=O)C1(S)C(C)CN1C(=O)c1ccccn1. The number of likely N-dealkylation sites (tertiary alicyclic amines) is 1. The molecule has 18 heavy (non-hydrogen) atoms. The van der Waals surface area contributed by atoms with Crippen LogP contribution in [0, 0.1) is 5.92 Å². The molecule has 1 aliphatic rings. The summed E-state index contributed by atoms with van der Waals surface area (Å²) in [5, 5.41) is 0. The molecule has 1 fully saturated rings. The summed E-state index contributed by atoms with van der Waals surface area (Å²) in [6.07, 6.45) is 1.54. The van der Waals surface area contributed by atoms with E-state index >= 15 is 0 Å². The minimum absolute atomic E-state index is 0.0547. The lowest BCUT2D eigenvalue weighted by molar-refractivity contribution is -0.157. The molecule has 6 heteroatoms. The average Bonchev–Trinajstić information content (AvgIpc) is 2.43. The predicted molar refractivity (Wildman–Crippen MR) is 68.2 cm³/mol. The highest BCUT2D eigenvalue weighted by molar-refractivity contribution is 7.82. The fourth-order valence-corrected chi connectivity index (χ4v) is 2.37. The van der Waals surface area contributed by atoms with Gasteiger partial charge in [-0.2, -0.15) is 0 Å². The van der Waals surface area contributed by atoms with Crippen molar-refractivity contribution in [2.75, 3.05) is 13.7 Å². The zero-order valence-electron chi connectivity index (χ0n) is 10.2. The van der Waals surface area contributed by atoms with Gasteiger partial charge in [0.05, 0.1) is 7.11 Å². The molecule has 96 valence electrons. The Labute approximate surface area is 111 Å². The average molecular weight is 266 g/mol. The number of carbonyl (C=O) groups is 2. The minimum atomic E-state index is -1.19. The summed E-state index contributed by atoms with van der Waals surface area (Å²) in [6, 6.07) is 5.06. The molecule has 1 amide bonds. The van der Waals surface area contributed by atoms with Crippen LogP contribution in [0.1, 0.15) is 17.4 Å². The molecule has 0 saturated carbocycles. The van der Waals surface area contributed by atoms with Gasteiger partial charge in [0.25, 0.3) is 5.91 Å². The van der Waals surface area contributed by atoms with Gasteiger partial charge in [0.1, 0.15) is 5.69 Å². The van der Waals surface area contributed by atoms with Gasteiger partial charge in [-0.15, -0.1) is 12.6 Å². The zero-order valence-corrected chi connectivity index (χ0v) is 11.1. The van der Waals surface area contributed by atoms with Crippen LogP contribution in [0.4, 0.5) is 0 Å². The molecule has 0 spiro atoms. The van der Waals surface area contributed by atoms with Crippen LogP contribution in [-0.2, 0) is 9.53 Å². The number of rotatable bonds is 2. The van der Waals surface area contributed by atoms with Crippen molar-refractivity contribution in [2.24, 2.45) is 5.92 Å². The molecule has 5 nitrogen and oxygen atoms in total. The number of thiol groups is 1. The molecule has 2 unspecified atom stereocenters. The van der Waals surface area contributed by atoms with Gasteiger partial charge in [-0.3, -0.25) is 9.78 Å². The molecule has 1 aromatic rings. The van der Waals surface area contributed by atoms with E-state index < -0.39 is 10.8 Å². The molecule has 1 aliphatic heterocycles. The second kappa shape index (κ2) is 4.61. The first-order valence-electron chi connectivity index (χ1n) is 5.55. The smallest absolute Gasteiger partial charge is 0.342 e. The molecule has 2 atom stereocenters. The van der Waals surface area contributed by atoms with Crippen molar-refractivity contribution in [3.63, 3.8) is 0 Å². The molecule has 2 heterocycles. The lowest BCUT2D eigenvalue weighted by Crippen LogP contribution is -2.69. The topological polar surface area (TPSA) is 59.5 Å². The molecule has 0 N–H and O–H groups in total. The Morgan fingerprint density at radius 2 is 2.28 bits per heavy atom. The van der Waals surface area contributed by atoms with Crippen LogP contribution in [-0.4, -0.2) is 40.3 Å². The van der Waals surface area contributed by atoms with E-state index in [9.17, 15) is 9.59 Å². The number of amides is 1. The van der Waals surface area contributed by atoms with Crippen molar-refractivity contribution in [1.29, 1.82) is 0 Å². The Morgan fingerprint density at radius 1 is 1.56 bits per heavy atom. The number of aromatic nitrogens is 1. The van der Waals surface area contributed by atoms with Crippen LogP contribution in [0.15, 0.2) is 24.4 Å². The van der Waals surface area contributed by atoms with Gasteiger partial charge in [0.15, 0.2) is 4.87 Å². The fourth-order valence-electron chi connectivity index (χ4n) is 2.02. The number of carbonyl (C=O) groups excluding carboxylic acids is 2. The van der Waals surface area contributed by atoms with E-state index in [4.69, 9.17) is 4.74 Å². The summed E-state index contributed by atoms with van der Waals surface area (Å²) in [7, 11) is 1.29. The number of hydrogen-bond acceptors (Lipinski definition) is 5. The van der Waals surface area contributed by atoms with Gasteiger partial charge in [0, 0.05) is 18.7 Å². The van der Waals surface area contributed by atoms with E-state index in [1.54, 1.807) is 18.2 Å².